The smallest absolute Gasteiger partial charge is 0.335 e. The fourth-order valence-electron chi connectivity index (χ4n) is 2.89. The molecular formula is C19H19N3O2. The number of hydrogen-bond acceptors (Lipinski definition) is 4. The van der Waals surface area contributed by atoms with Gasteiger partial charge in [-0.05, 0) is 48.0 Å². The molecule has 0 atom stereocenters. The fraction of sp³-hybridized carbons (Fsp3) is 0.211. The molecule has 0 fully saturated rings. The molecule has 5 nitrogen and oxygen atoms in total. The van der Waals surface area contributed by atoms with Gasteiger partial charge in [0, 0.05) is 23.8 Å². The first-order chi connectivity index (χ1) is 11.3. The summed E-state index contributed by atoms with van der Waals surface area (Å²) in [5.41, 5.74) is 4.82. The van der Waals surface area contributed by atoms with E-state index in [1.54, 1.807) is 12.1 Å². The highest BCUT2D eigenvalue weighted by Crippen LogP contribution is 2.47. The minimum Gasteiger partial charge on any atom is -0.478 e. The van der Waals surface area contributed by atoms with E-state index in [1.165, 1.54) is 17.7 Å². The number of azo groups is 1. The first kappa shape index (κ1) is 15.9. The molecule has 2 aromatic rings. The Kier molecular flexibility index (Phi) is 3.72. The Hall–Kier alpha value is -2.95. The first-order valence-electron chi connectivity index (χ1n) is 7.63. The predicted octanol–water partition coefficient (Wildman–Crippen LogP) is 5.04. The van der Waals surface area contributed by atoms with Crippen molar-refractivity contribution in [2.75, 3.05) is 11.9 Å². The molecule has 0 saturated carbocycles. The lowest BCUT2D eigenvalue weighted by Gasteiger charge is -2.22. The highest BCUT2D eigenvalue weighted by Gasteiger charge is 2.37. The number of carbonyl (C=O) groups is 1. The maximum atomic E-state index is 10.8. The molecule has 0 aromatic heterocycles. The van der Waals surface area contributed by atoms with Crippen LogP contribution in [0.5, 0.6) is 0 Å². The van der Waals surface area contributed by atoms with Crippen LogP contribution in [0.25, 0.3) is 0 Å². The number of carboxylic acids is 1. The summed E-state index contributed by atoms with van der Waals surface area (Å²) in [4.78, 5) is 12.9. The standard InChI is InChI=1S/C19H19N3O2/c1-12-19(2,3)16-11-15(9-10-17(16)22(12)4)21-20-14-7-5-13(6-8-14)18(23)24/h5-11H,1H2,2-4H3,(H,23,24)/b21-20+. The maximum absolute atomic E-state index is 10.8. The Morgan fingerprint density at radius 1 is 1.08 bits per heavy atom. The predicted molar refractivity (Wildman–Crippen MR) is 94.6 cm³/mol. The number of fused-ring (bicyclic) bond motifs is 1. The third-order valence-electron chi connectivity index (χ3n) is 4.54. The number of benzene rings is 2. The Bertz CT molecular complexity index is 851. The van der Waals surface area contributed by atoms with E-state index in [0.29, 0.717) is 5.69 Å². The number of aromatic carboxylic acids is 1. The SMILES string of the molecule is C=C1N(C)c2ccc(/N=N/c3ccc(C(=O)O)cc3)cc2C1(C)C. The molecule has 0 aliphatic carbocycles. The number of allylic oxidation sites excluding steroid dienone is 1. The van der Waals surface area contributed by atoms with Crippen molar-refractivity contribution >= 4 is 23.0 Å². The zero-order chi connectivity index (χ0) is 17.5. The lowest BCUT2D eigenvalue weighted by molar-refractivity contribution is 0.0697. The average Bonchev–Trinajstić information content (AvgIpc) is 2.74. The molecule has 0 amide bonds. The quantitative estimate of drug-likeness (QED) is 0.805. The van der Waals surface area contributed by atoms with Crippen LogP contribution in [0.1, 0.15) is 29.8 Å². The van der Waals surface area contributed by atoms with E-state index in [0.717, 1.165) is 17.1 Å². The van der Waals surface area contributed by atoms with E-state index >= 15 is 0 Å². The largest absolute Gasteiger partial charge is 0.478 e. The molecule has 1 aliphatic heterocycles. The van der Waals surface area contributed by atoms with Crippen LogP contribution in [0.15, 0.2) is 65.0 Å². The average molecular weight is 321 g/mol. The van der Waals surface area contributed by atoms with Gasteiger partial charge in [-0.25, -0.2) is 4.79 Å². The van der Waals surface area contributed by atoms with Gasteiger partial charge in [-0.1, -0.05) is 20.4 Å². The lowest BCUT2D eigenvalue weighted by atomic mass is 9.84. The zero-order valence-electron chi connectivity index (χ0n) is 13.9. The van der Waals surface area contributed by atoms with E-state index < -0.39 is 5.97 Å². The fourth-order valence-corrected chi connectivity index (χ4v) is 2.89. The van der Waals surface area contributed by atoms with E-state index in [1.807, 2.05) is 25.2 Å². The van der Waals surface area contributed by atoms with Crippen molar-refractivity contribution in [1.82, 2.24) is 0 Å². The molecule has 1 N–H and O–H groups in total. The van der Waals surface area contributed by atoms with Crippen molar-refractivity contribution in [3.63, 3.8) is 0 Å². The Balaban J connectivity index is 1.88. The summed E-state index contributed by atoms with van der Waals surface area (Å²) >= 11 is 0. The van der Waals surface area contributed by atoms with Crippen LogP contribution in [-0.4, -0.2) is 18.1 Å². The highest BCUT2D eigenvalue weighted by molar-refractivity contribution is 5.87. The third-order valence-corrected chi connectivity index (χ3v) is 4.54. The van der Waals surface area contributed by atoms with Crippen LogP contribution in [0.4, 0.5) is 17.1 Å². The Morgan fingerprint density at radius 2 is 1.67 bits per heavy atom. The monoisotopic (exact) mass is 321 g/mol. The van der Waals surface area contributed by atoms with Gasteiger partial charge in [0.2, 0.25) is 0 Å². The lowest BCUT2D eigenvalue weighted by Crippen LogP contribution is -2.21. The van der Waals surface area contributed by atoms with Crippen molar-refractivity contribution < 1.29 is 9.90 Å². The summed E-state index contributed by atoms with van der Waals surface area (Å²) in [5.74, 6) is -0.955. The van der Waals surface area contributed by atoms with Crippen LogP contribution >= 0.6 is 0 Å². The molecule has 122 valence electrons. The summed E-state index contributed by atoms with van der Waals surface area (Å²) in [7, 11) is 2.01. The molecule has 0 spiro atoms. The molecule has 2 aromatic carbocycles. The van der Waals surface area contributed by atoms with Crippen molar-refractivity contribution in [2.45, 2.75) is 19.3 Å². The van der Waals surface area contributed by atoms with Crippen LogP contribution in [0.3, 0.4) is 0 Å². The van der Waals surface area contributed by atoms with Crippen LogP contribution in [0, 0.1) is 0 Å². The summed E-state index contributed by atoms with van der Waals surface area (Å²) in [6.07, 6.45) is 0. The zero-order valence-corrected chi connectivity index (χ0v) is 13.9. The van der Waals surface area contributed by atoms with Gasteiger partial charge in [-0.3, -0.25) is 0 Å². The van der Waals surface area contributed by atoms with Gasteiger partial charge in [0.15, 0.2) is 0 Å². The molecule has 3 rings (SSSR count). The van der Waals surface area contributed by atoms with Crippen LogP contribution in [-0.2, 0) is 5.41 Å². The summed E-state index contributed by atoms with van der Waals surface area (Å²) in [5, 5.41) is 17.4. The van der Waals surface area contributed by atoms with Gasteiger partial charge in [-0.15, -0.1) is 0 Å². The van der Waals surface area contributed by atoms with Crippen molar-refractivity contribution in [3.05, 3.63) is 65.9 Å². The van der Waals surface area contributed by atoms with Gasteiger partial charge in [-0.2, -0.15) is 10.2 Å². The Morgan fingerprint density at radius 3 is 2.29 bits per heavy atom. The highest BCUT2D eigenvalue weighted by atomic mass is 16.4. The van der Waals surface area contributed by atoms with Gasteiger partial charge in [0.1, 0.15) is 0 Å². The number of carboxylic acid groups (broad SMARTS) is 1. The summed E-state index contributed by atoms with van der Waals surface area (Å²) in [6.45, 7) is 8.46. The number of likely N-dealkylation sites (N-methyl/N-ethyl adjacent to an activating group) is 1. The van der Waals surface area contributed by atoms with Crippen molar-refractivity contribution in [2.24, 2.45) is 10.2 Å². The minimum absolute atomic E-state index is 0.140. The topological polar surface area (TPSA) is 65.3 Å². The van der Waals surface area contributed by atoms with Gasteiger partial charge >= 0.3 is 5.97 Å². The number of nitrogens with zero attached hydrogens (tertiary/aromatic N) is 3. The van der Waals surface area contributed by atoms with Crippen molar-refractivity contribution in [3.8, 4) is 0 Å². The van der Waals surface area contributed by atoms with Crippen LogP contribution < -0.4 is 4.90 Å². The second-order valence-electron chi connectivity index (χ2n) is 6.38. The molecular weight excluding hydrogens is 302 g/mol. The number of anilines is 1. The summed E-state index contributed by atoms with van der Waals surface area (Å²) in [6, 6.07) is 12.3. The molecule has 1 heterocycles. The van der Waals surface area contributed by atoms with Gasteiger partial charge < -0.3 is 10.0 Å². The Labute approximate surface area is 141 Å². The molecule has 24 heavy (non-hydrogen) atoms. The molecule has 0 bridgehead atoms. The molecule has 0 saturated heterocycles. The van der Waals surface area contributed by atoms with E-state index in [4.69, 9.17) is 5.11 Å². The first-order valence-corrected chi connectivity index (χ1v) is 7.63. The van der Waals surface area contributed by atoms with Gasteiger partial charge in [0.05, 0.1) is 16.9 Å². The second kappa shape index (κ2) is 5.60. The molecule has 5 heteroatoms. The maximum Gasteiger partial charge on any atom is 0.335 e. The van der Waals surface area contributed by atoms with Gasteiger partial charge in [0.25, 0.3) is 0 Å². The molecule has 0 unspecified atom stereocenters. The number of rotatable bonds is 3. The molecule has 0 radical (unpaired) electrons. The second-order valence-corrected chi connectivity index (χ2v) is 6.38. The third kappa shape index (κ3) is 2.58. The van der Waals surface area contributed by atoms with E-state index in [9.17, 15) is 4.79 Å². The normalized spacial score (nSPS) is 15.8. The van der Waals surface area contributed by atoms with E-state index in [-0.39, 0.29) is 11.0 Å². The van der Waals surface area contributed by atoms with E-state index in [2.05, 4.69) is 35.6 Å². The van der Waals surface area contributed by atoms with Crippen molar-refractivity contribution in [1.29, 1.82) is 0 Å². The minimum atomic E-state index is -0.955. The summed E-state index contributed by atoms with van der Waals surface area (Å²) < 4.78 is 0. The number of hydrogen-bond donors (Lipinski definition) is 1. The van der Waals surface area contributed by atoms with Crippen LogP contribution in [0.2, 0.25) is 0 Å². The molecule has 1 aliphatic rings.